The number of aliphatic hydroxyl groups is 1. The van der Waals surface area contributed by atoms with E-state index in [1.165, 1.54) is 18.2 Å². The molecule has 3 N–H and O–H groups in total. The summed E-state index contributed by atoms with van der Waals surface area (Å²) in [4.78, 5) is 14.7. The number of carboxylic acid groups (broad SMARTS) is 1. The second-order valence-electron chi connectivity index (χ2n) is 10.5. The summed E-state index contributed by atoms with van der Waals surface area (Å²) >= 11 is 0. The molecule has 0 bridgehead atoms. The van der Waals surface area contributed by atoms with Crippen molar-refractivity contribution in [3.63, 3.8) is 0 Å². The van der Waals surface area contributed by atoms with Crippen LogP contribution < -0.4 is 9.46 Å². The predicted octanol–water partition coefficient (Wildman–Crippen LogP) is 4.26. The van der Waals surface area contributed by atoms with Crippen LogP contribution in [0.1, 0.15) is 54.1 Å². The molecule has 2 heterocycles. The molecule has 0 spiro atoms. The van der Waals surface area contributed by atoms with E-state index in [0.717, 1.165) is 31.5 Å². The predicted molar refractivity (Wildman–Crippen MR) is 136 cm³/mol. The Hall–Kier alpha value is -2.75. The zero-order chi connectivity index (χ0) is 25.6. The molecule has 4 unspecified atom stereocenters. The monoisotopic (exact) mass is 514 g/mol. The molecule has 0 amide bonds. The van der Waals surface area contributed by atoms with Gasteiger partial charge >= 0.3 is 5.97 Å². The highest BCUT2D eigenvalue weighted by Crippen LogP contribution is 2.55. The van der Waals surface area contributed by atoms with Crippen molar-refractivity contribution in [2.75, 3.05) is 31.0 Å². The molecule has 2 aromatic rings. The van der Waals surface area contributed by atoms with E-state index in [1.54, 1.807) is 12.1 Å². The quantitative estimate of drug-likeness (QED) is 0.487. The van der Waals surface area contributed by atoms with Crippen LogP contribution in [0.15, 0.2) is 41.3 Å². The highest BCUT2D eigenvalue weighted by molar-refractivity contribution is 7.86. The number of carbonyl (C=O) groups is 1. The SMILES string of the molecule is CC(C)(O)C1CCN(CC=Cc2cc(F)ccc2S(=O)Nc2ccc3c(c2C(=O)O)OCC2CC32)C1. The maximum Gasteiger partial charge on any atom is 0.341 e. The van der Waals surface area contributed by atoms with E-state index in [0.29, 0.717) is 41.2 Å². The largest absolute Gasteiger partial charge is 0.492 e. The number of ether oxygens (including phenoxy) is 1. The van der Waals surface area contributed by atoms with Crippen LogP contribution in [0.2, 0.25) is 0 Å². The molecule has 192 valence electrons. The minimum absolute atomic E-state index is 0.0270. The lowest BCUT2D eigenvalue weighted by molar-refractivity contribution is 0.0215. The molecule has 1 saturated heterocycles. The molecule has 0 aromatic heterocycles. The Balaban J connectivity index is 1.34. The fourth-order valence-corrected chi connectivity index (χ4v) is 6.24. The standard InChI is InChI=1S/C27H31FN2O5S/c1-27(2,33)18-9-11-30(14-18)10-3-4-16-12-19(28)5-8-23(16)36(34)29-22-7-6-20-21-13-17(21)15-35-25(20)24(22)26(31)32/h3-8,12,17-18,21,29,33H,9-11,13-15H2,1-2H3,(H,31,32). The Morgan fingerprint density at radius 2 is 2.14 bits per heavy atom. The molecule has 7 nitrogen and oxygen atoms in total. The number of nitrogens with one attached hydrogen (secondary N) is 1. The Morgan fingerprint density at radius 1 is 1.33 bits per heavy atom. The van der Waals surface area contributed by atoms with Gasteiger partial charge in [0.25, 0.3) is 0 Å². The second kappa shape index (κ2) is 9.61. The number of fused-ring (bicyclic) bond motifs is 3. The van der Waals surface area contributed by atoms with E-state index in [2.05, 4.69) is 9.62 Å². The number of rotatable bonds is 8. The van der Waals surface area contributed by atoms with Gasteiger partial charge in [0.15, 0.2) is 11.0 Å². The minimum atomic E-state index is -1.84. The zero-order valence-electron chi connectivity index (χ0n) is 20.4. The lowest BCUT2D eigenvalue weighted by atomic mass is 9.90. The number of nitrogens with zero attached hydrogens (tertiary/aromatic N) is 1. The van der Waals surface area contributed by atoms with Crippen molar-refractivity contribution in [1.29, 1.82) is 0 Å². The summed E-state index contributed by atoms with van der Waals surface area (Å²) in [5.74, 6) is -0.290. The van der Waals surface area contributed by atoms with E-state index in [-0.39, 0.29) is 17.2 Å². The molecule has 0 radical (unpaired) electrons. The van der Waals surface area contributed by atoms with Gasteiger partial charge in [-0.15, -0.1) is 0 Å². The smallest absolute Gasteiger partial charge is 0.341 e. The number of benzene rings is 2. The molecule has 36 heavy (non-hydrogen) atoms. The van der Waals surface area contributed by atoms with Crippen molar-refractivity contribution in [3.8, 4) is 5.75 Å². The topological polar surface area (TPSA) is 99.1 Å². The first-order valence-electron chi connectivity index (χ1n) is 12.2. The molecule has 3 aliphatic rings. The first kappa shape index (κ1) is 24.9. The van der Waals surface area contributed by atoms with Gasteiger partial charge in [-0.05, 0) is 74.5 Å². The lowest BCUT2D eigenvalue weighted by Crippen LogP contribution is -2.33. The van der Waals surface area contributed by atoms with Crippen molar-refractivity contribution in [2.24, 2.45) is 11.8 Å². The van der Waals surface area contributed by atoms with E-state index in [1.807, 2.05) is 26.0 Å². The fraction of sp³-hybridized carbons (Fsp3) is 0.444. The summed E-state index contributed by atoms with van der Waals surface area (Å²) in [7, 11) is -1.84. The molecule has 5 rings (SSSR count). The molecule has 2 aliphatic heterocycles. The summed E-state index contributed by atoms with van der Waals surface area (Å²) in [5.41, 5.74) is 0.784. The maximum absolute atomic E-state index is 14.1. The number of likely N-dealkylation sites (tertiary alicyclic amines) is 1. The van der Waals surface area contributed by atoms with Crippen LogP contribution in [0.5, 0.6) is 5.75 Å². The van der Waals surface area contributed by atoms with Crippen LogP contribution in [0.3, 0.4) is 0 Å². The highest BCUT2D eigenvalue weighted by Gasteiger charge is 2.45. The number of halogens is 1. The third kappa shape index (κ3) is 5.05. The van der Waals surface area contributed by atoms with Crippen LogP contribution in [0.4, 0.5) is 10.1 Å². The molecule has 1 saturated carbocycles. The number of hydrogen-bond donors (Lipinski definition) is 3. The molecule has 2 fully saturated rings. The van der Waals surface area contributed by atoms with E-state index in [4.69, 9.17) is 4.74 Å². The summed E-state index contributed by atoms with van der Waals surface area (Å²) in [6, 6.07) is 7.48. The average molecular weight is 515 g/mol. The molecule has 1 aliphatic carbocycles. The van der Waals surface area contributed by atoms with Gasteiger partial charge in [0.05, 0.1) is 22.8 Å². The van der Waals surface area contributed by atoms with Crippen molar-refractivity contribution >= 4 is 28.7 Å². The number of carboxylic acids is 1. The molecule has 2 aromatic carbocycles. The highest BCUT2D eigenvalue weighted by atomic mass is 32.2. The third-order valence-corrected chi connectivity index (χ3v) is 8.65. The Kier molecular flexibility index (Phi) is 6.65. The Morgan fingerprint density at radius 3 is 2.86 bits per heavy atom. The van der Waals surface area contributed by atoms with Gasteiger partial charge in [-0.3, -0.25) is 4.90 Å². The van der Waals surface area contributed by atoms with Crippen LogP contribution in [0.25, 0.3) is 6.08 Å². The molecule has 9 heteroatoms. The van der Waals surface area contributed by atoms with Crippen molar-refractivity contribution in [2.45, 2.75) is 43.1 Å². The van der Waals surface area contributed by atoms with Gasteiger partial charge in [0.2, 0.25) is 0 Å². The zero-order valence-corrected chi connectivity index (χ0v) is 21.2. The van der Waals surface area contributed by atoms with Crippen LogP contribution in [-0.2, 0) is 11.0 Å². The van der Waals surface area contributed by atoms with Gasteiger partial charge < -0.3 is 19.7 Å². The van der Waals surface area contributed by atoms with E-state index < -0.39 is 28.4 Å². The van der Waals surface area contributed by atoms with Crippen LogP contribution >= 0.6 is 0 Å². The molecular weight excluding hydrogens is 483 g/mol. The van der Waals surface area contributed by atoms with Crippen molar-refractivity contribution in [1.82, 2.24) is 4.90 Å². The Bertz CT molecular complexity index is 1240. The second-order valence-corrected chi connectivity index (χ2v) is 11.7. The average Bonchev–Trinajstić information content (AvgIpc) is 3.45. The van der Waals surface area contributed by atoms with Crippen molar-refractivity contribution in [3.05, 3.63) is 58.9 Å². The Labute approximate surface area is 212 Å². The third-order valence-electron chi connectivity index (χ3n) is 7.47. The summed E-state index contributed by atoms with van der Waals surface area (Å²) < 4.78 is 36.0. The van der Waals surface area contributed by atoms with Gasteiger partial charge in [0.1, 0.15) is 17.1 Å². The van der Waals surface area contributed by atoms with Crippen LogP contribution in [-0.4, -0.2) is 57.1 Å². The molecular formula is C27H31FN2O5S. The van der Waals surface area contributed by atoms with Crippen LogP contribution in [0, 0.1) is 17.7 Å². The van der Waals surface area contributed by atoms with Gasteiger partial charge in [-0.2, -0.15) is 0 Å². The first-order chi connectivity index (χ1) is 17.1. The van der Waals surface area contributed by atoms with Gasteiger partial charge in [0, 0.05) is 24.9 Å². The molecule has 4 atom stereocenters. The first-order valence-corrected chi connectivity index (χ1v) is 13.4. The maximum atomic E-state index is 14.1. The number of aromatic carboxylic acids is 1. The summed E-state index contributed by atoms with van der Waals surface area (Å²) in [6.07, 6.45) is 5.53. The normalized spacial score (nSPS) is 24.2. The van der Waals surface area contributed by atoms with E-state index >= 15 is 0 Å². The van der Waals surface area contributed by atoms with Crippen molar-refractivity contribution < 1.29 is 28.3 Å². The fourth-order valence-electron chi connectivity index (χ4n) is 5.22. The van der Waals surface area contributed by atoms with Gasteiger partial charge in [-0.1, -0.05) is 18.2 Å². The number of anilines is 1. The summed E-state index contributed by atoms with van der Waals surface area (Å²) in [6.45, 7) is 6.40. The minimum Gasteiger partial charge on any atom is -0.492 e. The van der Waals surface area contributed by atoms with Gasteiger partial charge in [-0.25, -0.2) is 13.4 Å². The number of hydrogen-bond acceptors (Lipinski definition) is 5. The lowest BCUT2D eigenvalue weighted by Gasteiger charge is -2.25. The summed E-state index contributed by atoms with van der Waals surface area (Å²) in [5, 5.41) is 20.1. The van der Waals surface area contributed by atoms with E-state index in [9.17, 15) is 23.6 Å².